The van der Waals surface area contributed by atoms with Crippen molar-refractivity contribution in [3.05, 3.63) is 64.7 Å². The smallest absolute Gasteiger partial charge is 0.269 e. The molecule has 0 saturated carbocycles. The molecule has 4 nitrogen and oxygen atoms in total. The second-order valence-electron chi connectivity index (χ2n) is 3.68. The summed E-state index contributed by atoms with van der Waals surface area (Å²) in [4.78, 5) is 11.3. The Kier molecular flexibility index (Phi) is 3.84. The van der Waals surface area contributed by atoms with Crippen LogP contribution >= 0.6 is 11.9 Å². The summed E-state index contributed by atoms with van der Waals surface area (Å²) in [6.45, 7) is 0. The summed E-state index contributed by atoms with van der Waals surface area (Å²) in [6, 6.07) is 16.5. The van der Waals surface area contributed by atoms with Gasteiger partial charge in [0.1, 0.15) is 0 Å². The van der Waals surface area contributed by atoms with Gasteiger partial charge in [-0.05, 0) is 36.2 Å². The average molecular weight is 260 g/mol. The predicted octanol–water partition coefficient (Wildman–Crippen LogP) is 3.74. The normalized spacial score (nSPS) is 10.1. The van der Waals surface area contributed by atoms with Gasteiger partial charge in [0.25, 0.3) is 5.69 Å². The van der Waals surface area contributed by atoms with Crippen LogP contribution in [0.1, 0.15) is 0 Å². The number of nitro groups is 1. The van der Waals surface area contributed by atoms with Gasteiger partial charge in [0, 0.05) is 29.8 Å². The Bertz CT molecular complexity index is 528. The van der Waals surface area contributed by atoms with Crippen molar-refractivity contribution in [3.8, 4) is 0 Å². The highest BCUT2D eigenvalue weighted by molar-refractivity contribution is 8.00. The lowest BCUT2D eigenvalue weighted by atomic mass is 10.3. The summed E-state index contributed by atoms with van der Waals surface area (Å²) in [5.41, 5.74) is 1.03. The molecule has 92 valence electrons. The number of nitro benzene ring substituents is 1. The number of non-ortho nitro benzene ring substituents is 1. The van der Waals surface area contributed by atoms with Gasteiger partial charge < -0.3 is 4.31 Å². The Balaban J connectivity index is 2.09. The molecular weight excluding hydrogens is 248 g/mol. The minimum Gasteiger partial charge on any atom is -0.315 e. The number of anilines is 1. The number of hydrogen-bond donors (Lipinski definition) is 0. The van der Waals surface area contributed by atoms with Gasteiger partial charge in [-0.25, -0.2) is 0 Å². The first-order valence-electron chi connectivity index (χ1n) is 5.38. The standard InChI is InChI=1S/C13H12N2O2S/c1-14(18-13-5-3-2-4-6-13)11-7-9-12(10-8-11)15(16)17/h2-10H,1H3. The minimum atomic E-state index is -0.395. The summed E-state index contributed by atoms with van der Waals surface area (Å²) < 4.78 is 1.97. The van der Waals surface area contributed by atoms with E-state index in [2.05, 4.69) is 0 Å². The lowest BCUT2D eigenvalue weighted by Crippen LogP contribution is -2.05. The fourth-order valence-corrected chi connectivity index (χ4v) is 2.30. The maximum atomic E-state index is 10.6. The Morgan fingerprint density at radius 2 is 1.67 bits per heavy atom. The first-order chi connectivity index (χ1) is 8.66. The molecular formula is C13H12N2O2S. The van der Waals surface area contributed by atoms with Crippen LogP contribution < -0.4 is 4.31 Å². The van der Waals surface area contributed by atoms with E-state index in [1.165, 1.54) is 12.1 Å². The van der Waals surface area contributed by atoms with E-state index in [9.17, 15) is 10.1 Å². The Morgan fingerprint density at radius 3 is 2.22 bits per heavy atom. The summed E-state index contributed by atoms with van der Waals surface area (Å²) in [5, 5.41) is 10.6. The summed E-state index contributed by atoms with van der Waals surface area (Å²) in [6.07, 6.45) is 0. The Labute approximate surface area is 110 Å². The molecule has 0 fully saturated rings. The van der Waals surface area contributed by atoms with Crippen molar-refractivity contribution in [2.75, 3.05) is 11.4 Å². The second-order valence-corrected chi connectivity index (χ2v) is 4.88. The molecule has 0 aromatic heterocycles. The van der Waals surface area contributed by atoms with Crippen LogP contribution in [-0.4, -0.2) is 12.0 Å². The third kappa shape index (κ3) is 3.01. The van der Waals surface area contributed by atoms with Crippen LogP contribution in [0.5, 0.6) is 0 Å². The van der Waals surface area contributed by atoms with Crippen LogP contribution in [0.3, 0.4) is 0 Å². The van der Waals surface area contributed by atoms with Gasteiger partial charge in [-0.3, -0.25) is 10.1 Å². The molecule has 2 aromatic carbocycles. The van der Waals surface area contributed by atoms with Crippen LogP contribution in [0, 0.1) is 10.1 Å². The average Bonchev–Trinajstić information content (AvgIpc) is 2.40. The Morgan fingerprint density at radius 1 is 1.06 bits per heavy atom. The topological polar surface area (TPSA) is 46.4 Å². The number of rotatable bonds is 4. The van der Waals surface area contributed by atoms with Crippen molar-refractivity contribution in [1.82, 2.24) is 0 Å². The van der Waals surface area contributed by atoms with Crippen LogP contribution in [0.25, 0.3) is 0 Å². The Hall–Kier alpha value is -2.01. The fourth-order valence-electron chi connectivity index (χ4n) is 1.48. The second kappa shape index (κ2) is 5.55. The minimum absolute atomic E-state index is 0.108. The summed E-state index contributed by atoms with van der Waals surface area (Å²) in [7, 11) is 1.93. The molecule has 0 atom stereocenters. The van der Waals surface area contributed by atoms with Gasteiger partial charge in [-0.1, -0.05) is 18.2 Å². The summed E-state index contributed by atoms with van der Waals surface area (Å²) >= 11 is 1.57. The highest BCUT2D eigenvalue weighted by Crippen LogP contribution is 2.28. The molecule has 0 aliphatic carbocycles. The number of nitrogens with zero attached hydrogens (tertiary/aromatic N) is 2. The highest BCUT2D eigenvalue weighted by atomic mass is 32.2. The molecule has 0 spiro atoms. The molecule has 0 unspecified atom stereocenters. The SMILES string of the molecule is CN(Sc1ccccc1)c1ccc([N+](=O)[O-])cc1. The van der Waals surface area contributed by atoms with Crippen molar-refractivity contribution in [1.29, 1.82) is 0 Å². The first-order valence-corrected chi connectivity index (χ1v) is 6.15. The largest absolute Gasteiger partial charge is 0.315 e. The summed E-state index contributed by atoms with van der Waals surface area (Å²) in [5.74, 6) is 0. The lowest BCUT2D eigenvalue weighted by Gasteiger charge is -2.17. The molecule has 0 bridgehead atoms. The molecule has 18 heavy (non-hydrogen) atoms. The third-order valence-electron chi connectivity index (χ3n) is 2.41. The van der Waals surface area contributed by atoms with Crippen molar-refractivity contribution >= 4 is 23.3 Å². The monoisotopic (exact) mass is 260 g/mol. The number of benzene rings is 2. The van der Waals surface area contributed by atoms with Crippen molar-refractivity contribution in [2.45, 2.75) is 4.90 Å². The van der Waals surface area contributed by atoms with E-state index in [1.807, 2.05) is 41.7 Å². The van der Waals surface area contributed by atoms with Gasteiger partial charge in [-0.2, -0.15) is 0 Å². The highest BCUT2D eigenvalue weighted by Gasteiger charge is 2.07. The molecule has 0 radical (unpaired) electrons. The van der Waals surface area contributed by atoms with Crippen LogP contribution in [0.4, 0.5) is 11.4 Å². The van der Waals surface area contributed by atoms with E-state index in [-0.39, 0.29) is 5.69 Å². The quantitative estimate of drug-likeness (QED) is 0.477. The molecule has 5 heteroatoms. The van der Waals surface area contributed by atoms with E-state index >= 15 is 0 Å². The van der Waals surface area contributed by atoms with Crippen LogP contribution in [0.15, 0.2) is 59.5 Å². The fraction of sp³-hybridized carbons (Fsp3) is 0.0769. The van der Waals surface area contributed by atoms with Gasteiger partial charge in [-0.15, -0.1) is 0 Å². The van der Waals surface area contributed by atoms with Gasteiger partial charge in [0.15, 0.2) is 0 Å². The van der Waals surface area contributed by atoms with Gasteiger partial charge in [0.2, 0.25) is 0 Å². The molecule has 0 amide bonds. The van der Waals surface area contributed by atoms with Gasteiger partial charge >= 0.3 is 0 Å². The zero-order valence-corrected chi connectivity index (χ0v) is 10.6. The third-order valence-corrected chi connectivity index (χ3v) is 3.38. The predicted molar refractivity (Wildman–Crippen MR) is 73.8 cm³/mol. The zero-order chi connectivity index (χ0) is 13.0. The van der Waals surface area contributed by atoms with E-state index in [1.54, 1.807) is 24.1 Å². The van der Waals surface area contributed by atoms with Crippen molar-refractivity contribution in [2.24, 2.45) is 0 Å². The van der Waals surface area contributed by atoms with E-state index in [0.717, 1.165) is 10.6 Å². The van der Waals surface area contributed by atoms with Crippen LogP contribution in [-0.2, 0) is 0 Å². The number of hydrogen-bond acceptors (Lipinski definition) is 4. The van der Waals surface area contributed by atoms with Crippen LogP contribution in [0.2, 0.25) is 0 Å². The lowest BCUT2D eigenvalue weighted by molar-refractivity contribution is -0.384. The maximum Gasteiger partial charge on any atom is 0.269 e. The molecule has 0 heterocycles. The molecule has 0 saturated heterocycles. The van der Waals surface area contributed by atoms with E-state index < -0.39 is 4.92 Å². The molecule has 0 aliphatic heterocycles. The van der Waals surface area contributed by atoms with E-state index in [4.69, 9.17) is 0 Å². The molecule has 2 aromatic rings. The van der Waals surface area contributed by atoms with Crippen molar-refractivity contribution in [3.63, 3.8) is 0 Å². The van der Waals surface area contributed by atoms with Gasteiger partial charge in [0.05, 0.1) is 4.92 Å². The zero-order valence-electron chi connectivity index (χ0n) is 9.82. The molecule has 2 rings (SSSR count). The molecule has 0 aliphatic rings. The van der Waals surface area contributed by atoms with Crippen molar-refractivity contribution < 1.29 is 4.92 Å². The molecule has 0 N–H and O–H groups in total. The first kappa shape index (κ1) is 12.4. The maximum absolute atomic E-state index is 10.6. The van der Waals surface area contributed by atoms with E-state index in [0.29, 0.717) is 0 Å².